The topological polar surface area (TPSA) is 58.6 Å². The highest BCUT2D eigenvalue weighted by Gasteiger charge is 2.23. The molecule has 31 heavy (non-hydrogen) atoms. The van der Waals surface area contributed by atoms with E-state index in [1.165, 1.54) is 32.4 Å². The number of hydrogen-bond donors (Lipinski definition) is 1. The summed E-state index contributed by atoms with van der Waals surface area (Å²) in [5.74, 6) is 1.14. The monoisotopic (exact) mass is 420 g/mol. The predicted molar refractivity (Wildman–Crippen MR) is 123 cm³/mol. The Hall–Kier alpha value is -2.66. The lowest BCUT2D eigenvalue weighted by molar-refractivity contribution is -0.120. The van der Waals surface area contributed by atoms with Crippen LogP contribution >= 0.6 is 0 Å². The van der Waals surface area contributed by atoms with Gasteiger partial charge in [-0.3, -0.25) is 14.5 Å². The van der Waals surface area contributed by atoms with Crippen molar-refractivity contribution in [1.82, 2.24) is 4.90 Å². The van der Waals surface area contributed by atoms with Gasteiger partial charge in [0.2, 0.25) is 0 Å². The standard InChI is InChI=1S/C26H32N2O3/c29-22-8-6-7-21(19-22)24-9-2-3-10-25(24)27-26(30)20-11-13-23(14-12-20)31-18-17-28-15-4-1-5-16-28/h2-3,9-14,21H,1,4-8,15-19H2,(H,27,30). The predicted octanol–water partition coefficient (Wildman–Crippen LogP) is 5.03. The van der Waals surface area contributed by atoms with Crippen molar-refractivity contribution in [2.24, 2.45) is 0 Å². The zero-order valence-corrected chi connectivity index (χ0v) is 18.1. The third-order valence-corrected chi connectivity index (χ3v) is 6.37. The van der Waals surface area contributed by atoms with Crippen LogP contribution in [0.1, 0.15) is 66.8 Å². The molecular formula is C26H32N2O3. The van der Waals surface area contributed by atoms with Gasteiger partial charge < -0.3 is 10.1 Å². The highest BCUT2D eigenvalue weighted by Crippen LogP contribution is 2.35. The van der Waals surface area contributed by atoms with Crippen LogP contribution in [0.5, 0.6) is 5.75 Å². The van der Waals surface area contributed by atoms with E-state index in [0.717, 1.165) is 36.4 Å². The molecule has 1 amide bonds. The van der Waals surface area contributed by atoms with E-state index in [4.69, 9.17) is 4.74 Å². The molecular weight excluding hydrogens is 388 g/mol. The zero-order chi connectivity index (χ0) is 21.5. The molecule has 1 aliphatic heterocycles. The number of carbonyl (C=O) groups is 2. The third-order valence-electron chi connectivity index (χ3n) is 6.37. The SMILES string of the molecule is O=C1CCCC(c2ccccc2NC(=O)c2ccc(OCCN3CCCCC3)cc2)C1. The highest BCUT2D eigenvalue weighted by atomic mass is 16.5. The summed E-state index contributed by atoms with van der Waals surface area (Å²) >= 11 is 0. The largest absolute Gasteiger partial charge is 0.492 e. The average molecular weight is 421 g/mol. The molecule has 0 bridgehead atoms. The van der Waals surface area contributed by atoms with Crippen molar-refractivity contribution in [2.75, 3.05) is 31.6 Å². The maximum atomic E-state index is 12.8. The number of para-hydroxylation sites is 1. The number of ketones is 1. The van der Waals surface area contributed by atoms with Gasteiger partial charge >= 0.3 is 0 Å². The summed E-state index contributed by atoms with van der Waals surface area (Å²) in [4.78, 5) is 27.2. The summed E-state index contributed by atoms with van der Waals surface area (Å²) in [6, 6.07) is 15.2. The Balaban J connectivity index is 1.33. The summed E-state index contributed by atoms with van der Waals surface area (Å²) < 4.78 is 5.86. The minimum absolute atomic E-state index is 0.144. The second-order valence-electron chi connectivity index (χ2n) is 8.65. The number of ether oxygens (including phenoxy) is 1. The number of rotatable bonds is 7. The van der Waals surface area contributed by atoms with Gasteiger partial charge in [-0.1, -0.05) is 24.6 Å². The van der Waals surface area contributed by atoms with Gasteiger partial charge in [-0.05, 0) is 80.6 Å². The molecule has 1 heterocycles. The minimum atomic E-state index is -0.144. The van der Waals surface area contributed by atoms with Crippen LogP contribution in [0.2, 0.25) is 0 Å². The van der Waals surface area contributed by atoms with Gasteiger partial charge in [0.05, 0.1) is 0 Å². The first-order valence-corrected chi connectivity index (χ1v) is 11.6. The lowest BCUT2D eigenvalue weighted by Gasteiger charge is -2.26. The normalized spacial score (nSPS) is 19.7. The highest BCUT2D eigenvalue weighted by molar-refractivity contribution is 6.04. The summed E-state index contributed by atoms with van der Waals surface area (Å²) in [7, 11) is 0. The number of nitrogens with one attached hydrogen (secondary N) is 1. The Morgan fingerprint density at radius 1 is 1.00 bits per heavy atom. The van der Waals surface area contributed by atoms with Gasteiger partial charge in [-0.15, -0.1) is 0 Å². The molecule has 1 N–H and O–H groups in total. The molecule has 1 unspecified atom stereocenters. The molecule has 2 fully saturated rings. The molecule has 5 heteroatoms. The number of piperidine rings is 1. The van der Waals surface area contributed by atoms with Crippen LogP contribution in [0, 0.1) is 0 Å². The van der Waals surface area contributed by atoms with Crippen molar-refractivity contribution in [3.8, 4) is 5.75 Å². The van der Waals surface area contributed by atoms with Gasteiger partial charge in [0.15, 0.2) is 0 Å². The first-order valence-electron chi connectivity index (χ1n) is 11.6. The molecule has 1 aliphatic carbocycles. The van der Waals surface area contributed by atoms with E-state index in [0.29, 0.717) is 30.8 Å². The van der Waals surface area contributed by atoms with Gasteiger partial charge in [0, 0.05) is 30.6 Å². The minimum Gasteiger partial charge on any atom is -0.492 e. The maximum Gasteiger partial charge on any atom is 0.255 e. The lowest BCUT2D eigenvalue weighted by Crippen LogP contribution is -2.33. The van der Waals surface area contributed by atoms with Crippen LogP contribution < -0.4 is 10.1 Å². The van der Waals surface area contributed by atoms with E-state index in [9.17, 15) is 9.59 Å². The van der Waals surface area contributed by atoms with Crippen LogP contribution in [-0.2, 0) is 4.79 Å². The van der Waals surface area contributed by atoms with Gasteiger partial charge in [0.25, 0.3) is 5.91 Å². The maximum absolute atomic E-state index is 12.8. The molecule has 1 saturated heterocycles. The van der Waals surface area contributed by atoms with Crippen molar-refractivity contribution in [3.05, 3.63) is 59.7 Å². The van der Waals surface area contributed by atoms with E-state index >= 15 is 0 Å². The molecule has 2 aliphatic rings. The first kappa shape index (κ1) is 21.6. The molecule has 2 aromatic rings. The summed E-state index contributed by atoms with van der Waals surface area (Å²) in [5, 5.41) is 3.05. The van der Waals surface area contributed by atoms with E-state index in [-0.39, 0.29) is 11.8 Å². The van der Waals surface area contributed by atoms with Gasteiger partial charge in [-0.25, -0.2) is 0 Å². The number of nitrogens with zero attached hydrogens (tertiary/aromatic N) is 1. The Kier molecular flexibility index (Phi) is 7.36. The Morgan fingerprint density at radius 3 is 2.55 bits per heavy atom. The van der Waals surface area contributed by atoms with Crippen LogP contribution in [0.15, 0.2) is 48.5 Å². The Labute approximate surface area is 184 Å². The van der Waals surface area contributed by atoms with Crippen LogP contribution in [0.3, 0.4) is 0 Å². The number of benzene rings is 2. The molecule has 2 aromatic carbocycles. The fourth-order valence-corrected chi connectivity index (χ4v) is 4.63. The second kappa shape index (κ2) is 10.6. The third kappa shape index (κ3) is 5.95. The number of amides is 1. The van der Waals surface area contributed by atoms with Crippen molar-refractivity contribution >= 4 is 17.4 Å². The molecule has 164 valence electrons. The molecule has 1 saturated carbocycles. The van der Waals surface area contributed by atoms with Crippen molar-refractivity contribution < 1.29 is 14.3 Å². The second-order valence-corrected chi connectivity index (χ2v) is 8.65. The summed E-state index contributed by atoms with van der Waals surface area (Å²) in [5.41, 5.74) is 2.45. The molecule has 1 atom stereocenters. The smallest absolute Gasteiger partial charge is 0.255 e. The molecule has 0 spiro atoms. The van der Waals surface area contributed by atoms with Crippen LogP contribution in [0.4, 0.5) is 5.69 Å². The van der Waals surface area contributed by atoms with Crippen molar-refractivity contribution in [2.45, 2.75) is 50.9 Å². The lowest BCUT2D eigenvalue weighted by atomic mass is 9.82. The number of likely N-dealkylation sites (tertiary alicyclic amines) is 1. The molecule has 4 rings (SSSR count). The number of anilines is 1. The van der Waals surface area contributed by atoms with Crippen molar-refractivity contribution in [3.63, 3.8) is 0 Å². The average Bonchev–Trinajstić information content (AvgIpc) is 2.80. The molecule has 0 radical (unpaired) electrons. The fraction of sp³-hybridized carbons (Fsp3) is 0.462. The van der Waals surface area contributed by atoms with Crippen LogP contribution in [0.25, 0.3) is 0 Å². The van der Waals surface area contributed by atoms with Gasteiger partial charge in [0.1, 0.15) is 18.1 Å². The van der Waals surface area contributed by atoms with Crippen LogP contribution in [-0.4, -0.2) is 42.8 Å². The fourth-order valence-electron chi connectivity index (χ4n) is 4.63. The number of carbonyl (C=O) groups excluding carboxylic acids is 2. The molecule has 5 nitrogen and oxygen atoms in total. The van der Waals surface area contributed by atoms with Gasteiger partial charge in [-0.2, -0.15) is 0 Å². The number of Topliss-reactive ketones (excluding diaryl/α,β-unsaturated/α-hetero) is 1. The first-order chi connectivity index (χ1) is 15.2. The van der Waals surface area contributed by atoms with E-state index < -0.39 is 0 Å². The summed E-state index contributed by atoms with van der Waals surface area (Å²) in [6.07, 6.45) is 7.05. The van der Waals surface area contributed by atoms with E-state index in [1.54, 1.807) is 12.1 Å². The molecule has 0 aromatic heterocycles. The van der Waals surface area contributed by atoms with E-state index in [1.807, 2.05) is 36.4 Å². The summed E-state index contributed by atoms with van der Waals surface area (Å²) in [6.45, 7) is 3.94. The van der Waals surface area contributed by atoms with E-state index in [2.05, 4.69) is 10.2 Å². The van der Waals surface area contributed by atoms with Crippen molar-refractivity contribution in [1.29, 1.82) is 0 Å². The number of hydrogen-bond acceptors (Lipinski definition) is 4. The Bertz CT molecular complexity index is 888. The Morgan fingerprint density at radius 2 is 1.77 bits per heavy atom. The quantitative estimate of drug-likeness (QED) is 0.682. The zero-order valence-electron chi connectivity index (χ0n) is 18.1.